The fourth-order valence-electron chi connectivity index (χ4n) is 11.2. The lowest BCUT2D eigenvalue weighted by atomic mass is 9.67. The number of benzene rings is 9. The second-order valence-corrected chi connectivity index (χ2v) is 18.3. The van der Waals surface area contributed by atoms with Gasteiger partial charge in [-0.05, 0) is 116 Å². The lowest BCUT2D eigenvalue weighted by Crippen LogP contribution is -2.32. The van der Waals surface area contributed by atoms with Gasteiger partial charge in [0.25, 0.3) is 0 Å². The molecule has 0 saturated carbocycles. The van der Waals surface area contributed by atoms with E-state index in [1.54, 1.807) is 0 Å². The van der Waals surface area contributed by atoms with E-state index in [9.17, 15) is 0 Å². The standard InChI is InChI=1S/C58H40N2S/c1-57(2)47-22-10-6-18-41(47)44-33-32-40(36-52(44)57)59(37-16-4-3-5-17-37)38-28-30-39(31-29-38)60-53-26-14-9-21-45(53)46-34-35-51-56(55(46)60)61-54-27-15-13-25-50(54)58(51)48-23-11-7-19-42(48)43-20-8-12-24-49(43)58/h3-36H,1-2H3. The maximum absolute atomic E-state index is 2.52. The first kappa shape index (κ1) is 34.8. The molecule has 0 bridgehead atoms. The summed E-state index contributed by atoms with van der Waals surface area (Å²) in [4.78, 5) is 5.03. The third kappa shape index (κ3) is 4.64. The van der Waals surface area contributed by atoms with Crippen molar-refractivity contribution in [3.8, 4) is 27.9 Å². The van der Waals surface area contributed by atoms with Crippen LogP contribution >= 0.6 is 11.8 Å². The van der Waals surface area contributed by atoms with Crippen LogP contribution in [0.1, 0.15) is 47.2 Å². The van der Waals surface area contributed by atoms with Crippen LogP contribution in [-0.4, -0.2) is 4.57 Å². The van der Waals surface area contributed by atoms with Crippen LogP contribution in [0.3, 0.4) is 0 Å². The number of para-hydroxylation sites is 2. The van der Waals surface area contributed by atoms with E-state index < -0.39 is 5.41 Å². The molecule has 10 aromatic rings. The first-order valence-electron chi connectivity index (χ1n) is 21.3. The molecule has 0 atom stereocenters. The van der Waals surface area contributed by atoms with E-state index in [4.69, 9.17) is 0 Å². The summed E-state index contributed by atoms with van der Waals surface area (Å²) >= 11 is 1.92. The Kier molecular flexibility index (Phi) is 7.25. The highest BCUT2D eigenvalue weighted by Crippen LogP contribution is 2.63. The Bertz CT molecular complexity index is 3380. The largest absolute Gasteiger partial charge is 0.310 e. The fraction of sp³-hybridized carbons (Fsp3) is 0.0690. The monoisotopic (exact) mass is 796 g/mol. The molecule has 3 aliphatic rings. The first-order chi connectivity index (χ1) is 30.0. The maximum Gasteiger partial charge on any atom is 0.0736 e. The van der Waals surface area contributed by atoms with Crippen molar-refractivity contribution in [3.63, 3.8) is 0 Å². The van der Waals surface area contributed by atoms with E-state index >= 15 is 0 Å². The fourth-order valence-corrected chi connectivity index (χ4v) is 12.6. The molecule has 2 heterocycles. The van der Waals surface area contributed by atoms with Crippen molar-refractivity contribution in [2.45, 2.75) is 34.5 Å². The van der Waals surface area contributed by atoms with Gasteiger partial charge < -0.3 is 9.47 Å². The molecular weight excluding hydrogens is 757 g/mol. The Morgan fingerprint density at radius 2 is 0.967 bits per heavy atom. The molecular formula is C58H40N2S. The SMILES string of the molecule is CC1(C)c2ccccc2-c2ccc(N(c3ccccc3)c3ccc(-n4c5ccccc5c5ccc6c(c54)Sc4ccccc4C64c5ccccc5-c5ccccc54)cc3)cc21. The number of nitrogens with zero attached hydrogens (tertiary/aromatic N) is 2. The van der Waals surface area contributed by atoms with Gasteiger partial charge in [0.15, 0.2) is 0 Å². The van der Waals surface area contributed by atoms with Gasteiger partial charge in [0.05, 0.1) is 16.4 Å². The van der Waals surface area contributed by atoms with Gasteiger partial charge in [-0.25, -0.2) is 0 Å². The Balaban J connectivity index is 1.02. The molecule has 1 spiro atoms. The van der Waals surface area contributed by atoms with Crippen molar-refractivity contribution < 1.29 is 0 Å². The summed E-state index contributed by atoms with van der Waals surface area (Å²) in [5, 5.41) is 2.53. The highest BCUT2D eigenvalue weighted by Gasteiger charge is 2.50. The van der Waals surface area contributed by atoms with Crippen LogP contribution in [0.2, 0.25) is 0 Å². The van der Waals surface area contributed by atoms with Gasteiger partial charge in [-0.15, -0.1) is 0 Å². The van der Waals surface area contributed by atoms with Crippen molar-refractivity contribution >= 4 is 50.6 Å². The molecule has 3 heteroatoms. The third-order valence-corrected chi connectivity index (χ3v) is 15.0. The van der Waals surface area contributed by atoms with E-state index in [0.717, 1.165) is 22.7 Å². The molecule has 0 unspecified atom stereocenters. The van der Waals surface area contributed by atoms with Crippen LogP contribution < -0.4 is 4.90 Å². The van der Waals surface area contributed by atoms with E-state index in [-0.39, 0.29) is 5.41 Å². The van der Waals surface area contributed by atoms with E-state index in [1.807, 2.05) is 11.8 Å². The van der Waals surface area contributed by atoms with Crippen LogP contribution in [-0.2, 0) is 10.8 Å². The topological polar surface area (TPSA) is 8.17 Å². The molecule has 0 saturated heterocycles. The van der Waals surface area contributed by atoms with Gasteiger partial charge in [0.2, 0.25) is 0 Å². The Hall–Kier alpha value is -7.07. The summed E-state index contributed by atoms with van der Waals surface area (Å²) in [6.07, 6.45) is 0. The van der Waals surface area contributed by atoms with Crippen molar-refractivity contribution in [3.05, 3.63) is 240 Å². The van der Waals surface area contributed by atoms with Gasteiger partial charge >= 0.3 is 0 Å². The van der Waals surface area contributed by atoms with Gasteiger partial charge in [0, 0.05) is 48.7 Å². The highest BCUT2D eigenvalue weighted by atomic mass is 32.2. The molecule has 13 rings (SSSR count). The quantitative estimate of drug-likeness (QED) is 0.175. The predicted molar refractivity (Wildman–Crippen MR) is 254 cm³/mol. The molecule has 288 valence electrons. The van der Waals surface area contributed by atoms with Crippen molar-refractivity contribution in [2.24, 2.45) is 0 Å². The molecule has 61 heavy (non-hydrogen) atoms. The molecule has 1 aromatic heterocycles. The van der Waals surface area contributed by atoms with Crippen LogP contribution in [0, 0.1) is 0 Å². The molecule has 1 aliphatic heterocycles. The average Bonchev–Trinajstić information content (AvgIpc) is 3.89. The van der Waals surface area contributed by atoms with E-state index in [0.29, 0.717) is 0 Å². The van der Waals surface area contributed by atoms with Crippen LogP contribution in [0.4, 0.5) is 17.1 Å². The van der Waals surface area contributed by atoms with Gasteiger partial charge in [-0.2, -0.15) is 0 Å². The minimum absolute atomic E-state index is 0.0937. The number of rotatable bonds is 4. The highest BCUT2D eigenvalue weighted by molar-refractivity contribution is 7.99. The number of fused-ring (bicyclic) bond motifs is 16. The predicted octanol–water partition coefficient (Wildman–Crippen LogP) is 15.4. The average molecular weight is 797 g/mol. The zero-order valence-electron chi connectivity index (χ0n) is 33.9. The lowest BCUT2D eigenvalue weighted by Gasteiger charge is -2.40. The number of anilines is 3. The zero-order valence-corrected chi connectivity index (χ0v) is 34.7. The van der Waals surface area contributed by atoms with Gasteiger partial charge in [-0.1, -0.05) is 171 Å². The minimum Gasteiger partial charge on any atom is -0.310 e. The van der Waals surface area contributed by atoms with Crippen molar-refractivity contribution in [1.82, 2.24) is 4.57 Å². The van der Waals surface area contributed by atoms with Crippen LogP contribution in [0.5, 0.6) is 0 Å². The Morgan fingerprint density at radius 1 is 0.410 bits per heavy atom. The summed E-state index contributed by atoms with van der Waals surface area (Å²) in [5.41, 5.74) is 20.0. The second-order valence-electron chi connectivity index (χ2n) is 17.2. The van der Waals surface area contributed by atoms with Crippen molar-refractivity contribution in [1.29, 1.82) is 0 Å². The van der Waals surface area contributed by atoms with Crippen molar-refractivity contribution in [2.75, 3.05) is 4.90 Å². The second kappa shape index (κ2) is 12.7. The van der Waals surface area contributed by atoms with E-state index in [1.165, 1.54) is 87.2 Å². The third-order valence-electron chi connectivity index (χ3n) is 13.9. The van der Waals surface area contributed by atoms with Gasteiger partial charge in [-0.3, -0.25) is 0 Å². The number of aromatic nitrogens is 1. The van der Waals surface area contributed by atoms with Crippen LogP contribution in [0.25, 0.3) is 49.7 Å². The zero-order chi connectivity index (χ0) is 40.5. The normalized spacial score (nSPS) is 14.6. The Labute approximate surface area is 360 Å². The minimum atomic E-state index is -0.439. The first-order valence-corrected chi connectivity index (χ1v) is 22.1. The maximum atomic E-state index is 2.52. The Morgan fingerprint density at radius 3 is 1.70 bits per heavy atom. The van der Waals surface area contributed by atoms with Gasteiger partial charge in [0.1, 0.15) is 0 Å². The molecule has 9 aromatic carbocycles. The van der Waals surface area contributed by atoms with Crippen LogP contribution in [0.15, 0.2) is 216 Å². The molecule has 0 fully saturated rings. The summed E-state index contributed by atoms with van der Waals surface area (Å²) in [6.45, 7) is 4.72. The summed E-state index contributed by atoms with van der Waals surface area (Å²) in [6, 6.07) is 77.0. The van der Waals surface area contributed by atoms with E-state index in [2.05, 4.69) is 230 Å². The lowest BCUT2D eigenvalue weighted by molar-refractivity contribution is 0.660. The molecule has 2 nitrogen and oxygen atoms in total. The number of hydrogen-bond acceptors (Lipinski definition) is 2. The molecule has 0 amide bonds. The molecule has 0 N–H and O–H groups in total. The molecule has 0 radical (unpaired) electrons. The smallest absolute Gasteiger partial charge is 0.0736 e. The summed E-state index contributed by atoms with van der Waals surface area (Å²) in [5.74, 6) is 0. The summed E-state index contributed by atoms with van der Waals surface area (Å²) < 4.78 is 2.52. The molecule has 2 aliphatic carbocycles. The number of hydrogen-bond donors (Lipinski definition) is 0. The summed E-state index contributed by atoms with van der Waals surface area (Å²) in [7, 11) is 0.